The molecule has 31 heavy (non-hydrogen) atoms. The van der Waals surface area contributed by atoms with Gasteiger partial charge in [-0.3, -0.25) is 25.8 Å². The number of nitrogens with zero attached hydrogens (tertiary/aromatic N) is 3. The zero-order valence-corrected chi connectivity index (χ0v) is 17.0. The Bertz CT molecular complexity index is 1120. The first kappa shape index (κ1) is 21.3. The number of anilines is 3. The number of hydrazine groups is 1. The maximum Gasteiger partial charge on any atom is 0.355 e. The summed E-state index contributed by atoms with van der Waals surface area (Å²) in [5.41, 5.74) is 6.10. The third-order valence-electron chi connectivity index (χ3n) is 4.35. The minimum absolute atomic E-state index is 0.0869. The van der Waals surface area contributed by atoms with Crippen molar-refractivity contribution in [2.24, 2.45) is 0 Å². The second-order valence-electron chi connectivity index (χ2n) is 6.26. The average Bonchev–Trinajstić information content (AvgIpc) is 2.77. The lowest BCUT2D eigenvalue weighted by Crippen LogP contribution is -2.30. The van der Waals surface area contributed by atoms with Crippen molar-refractivity contribution in [1.82, 2.24) is 15.4 Å². The van der Waals surface area contributed by atoms with Crippen molar-refractivity contribution in [3.8, 4) is 11.5 Å². The first-order valence-corrected chi connectivity index (χ1v) is 9.05. The molecule has 0 fully saturated rings. The third-order valence-corrected chi connectivity index (χ3v) is 4.35. The van der Waals surface area contributed by atoms with Crippen molar-refractivity contribution < 1.29 is 19.2 Å². The molecule has 0 saturated carbocycles. The molecule has 0 aliphatic rings. The zero-order chi connectivity index (χ0) is 22.4. The molecule has 0 spiro atoms. The van der Waals surface area contributed by atoms with Crippen molar-refractivity contribution in [2.75, 3.05) is 25.0 Å². The van der Waals surface area contributed by atoms with Crippen LogP contribution in [-0.4, -0.2) is 35.0 Å². The number of aryl methyl sites for hydroxylation is 1. The van der Waals surface area contributed by atoms with Crippen LogP contribution in [0.5, 0.6) is 11.5 Å². The number of rotatable bonds is 8. The standard InChI is InChI=1S/C20H20N6O5/c1-12-6-4-5-7-14(12)20(27)25-24-19-17(26(28)29)18(21-11-22-19)23-15-9-8-13(30-2)10-16(15)31-3/h4-11H,1-3H3,(H,25,27)(H2,21,22,23,24). The van der Waals surface area contributed by atoms with Crippen LogP contribution >= 0.6 is 0 Å². The number of nitro groups is 1. The van der Waals surface area contributed by atoms with Gasteiger partial charge in [-0.1, -0.05) is 18.2 Å². The number of methoxy groups -OCH3 is 2. The summed E-state index contributed by atoms with van der Waals surface area (Å²) >= 11 is 0. The number of carbonyl (C=O) groups excluding carboxylic acids is 1. The smallest absolute Gasteiger partial charge is 0.355 e. The summed E-state index contributed by atoms with van der Waals surface area (Å²) in [7, 11) is 2.97. The fourth-order valence-corrected chi connectivity index (χ4v) is 2.77. The van der Waals surface area contributed by atoms with E-state index in [1.165, 1.54) is 14.2 Å². The van der Waals surface area contributed by atoms with Gasteiger partial charge in [0.15, 0.2) is 0 Å². The minimum atomic E-state index is -0.652. The Morgan fingerprint density at radius 2 is 1.81 bits per heavy atom. The molecule has 1 aromatic heterocycles. The fraction of sp³-hybridized carbons (Fsp3) is 0.150. The Kier molecular flexibility index (Phi) is 6.45. The van der Waals surface area contributed by atoms with Gasteiger partial charge in [-0.05, 0) is 30.7 Å². The van der Waals surface area contributed by atoms with E-state index in [-0.39, 0.29) is 11.6 Å². The molecule has 3 rings (SSSR count). The Balaban J connectivity index is 1.87. The van der Waals surface area contributed by atoms with Gasteiger partial charge in [0.2, 0.25) is 11.6 Å². The van der Waals surface area contributed by atoms with Crippen LogP contribution in [0.2, 0.25) is 0 Å². The topological polar surface area (TPSA) is 141 Å². The van der Waals surface area contributed by atoms with E-state index in [2.05, 4.69) is 26.1 Å². The molecule has 1 amide bonds. The zero-order valence-electron chi connectivity index (χ0n) is 17.0. The van der Waals surface area contributed by atoms with Gasteiger partial charge < -0.3 is 14.8 Å². The molecule has 160 valence electrons. The maximum absolute atomic E-state index is 12.4. The minimum Gasteiger partial charge on any atom is -0.497 e. The molecule has 11 nitrogen and oxygen atoms in total. The summed E-state index contributed by atoms with van der Waals surface area (Å²) in [5.74, 6) is 0.223. The molecule has 0 atom stereocenters. The van der Waals surface area contributed by atoms with Crippen molar-refractivity contribution in [3.63, 3.8) is 0 Å². The Labute approximate surface area is 177 Å². The predicted octanol–water partition coefficient (Wildman–Crippen LogP) is 3.21. The molecule has 0 radical (unpaired) electrons. The SMILES string of the molecule is COc1ccc(Nc2ncnc(NNC(=O)c3ccccc3C)c2[N+](=O)[O-])c(OC)c1. The van der Waals surface area contributed by atoms with Gasteiger partial charge in [0.25, 0.3) is 5.91 Å². The van der Waals surface area contributed by atoms with Gasteiger partial charge in [-0.25, -0.2) is 9.97 Å². The normalized spacial score (nSPS) is 10.2. The molecule has 0 saturated heterocycles. The van der Waals surface area contributed by atoms with Gasteiger partial charge in [-0.2, -0.15) is 0 Å². The van der Waals surface area contributed by atoms with Crippen LogP contribution in [-0.2, 0) is 0 Å². The van der Waals surface area contributed by atoms with Crippen LogP contribution in [0.15, 0.2) is 48.8 Å². The van der Waals surface area contributed by atoms with Gasteiger partial charge in [0, 0.05) is 11.6 Å². The molecular weight excluding hydrogens is 404 g/mol. The summed E-state index contributed by atoms with van der Waals surface area (Å²) in [5, 5.41) is 14.6. The highest BCUT2D eigenvalue weighted by atomic mass is 16.6. The van der Waals surface area contributed by atoms with E-state index in [0.29, 0.717) is 22.7 Å². The van der Waals surface area contributed by atoms with E-state index < -0.39 is 16.5 Å². The highest BCUT2D eigenvalue weighted by molar-refractivity contribution is 5.96. The summed E-state index contributed by atoms with van der Waals surface area (Å²) < 4.78 is 10.5. The molecule has 0 unspecified atom stereocenters. The molecule has 0 aliphatic heterocycles. The molecule has 0 bridgehead atoms. The largest absolute Gasteiger partial charge is 0.497 e. The molecule has 2 aromatic carbocycles. The van der Waals surface area contributed by atoms with Crippen LogP contribution in [0.25, 0.3) is 0 Å². The third kappa shape index (κ3) is 4.78. The van der Waals surface area contributed by atoms with E-state index in [0.717, 1.165) is 11.9 Å². The van der Waals surface area contributed by atoms with Crippen molar-refractivity contribution >= 4 is 28.9 Å². The van der Waals surface area contributed by atoms with Gasteiger partial charge in [0.05, 0.1) is 24.8 Å². The van der Waals surface area contributed by atoms with Crippen molar-refractivity contribution in [2.45, 2.75) is 6.92 Å². The first-order chi connectivity index (χ1) is 14.9. The number of hydrogen-bond acceptors (Lipinski definition) is 9. The van der Waals surface area contributed by atoms with Crippen molar-refractivity contribution in [1.29, 1.82) is 0 Å². The maximum atomic E-state index is 12.4. The molecule has 1 heterocycles. The number of amides is 1. The van der Waals surface area contributed by atoms with Crippen LogP contribution in [0, 0.1) is 17.0 Å². The van der Waals surface area contributed by atoms with Gasteiger partial charge >= 0.3 is 5.69 Å². The number of aromatic nitrogens is 2. The second-order valence-corrected chi connectivity index (χ2v) is 6.26. The molecule has 11 heteroatoms. The second kappa shape index (κ2) is 9.39. The molecular formula is C20H20N6O5. The summed E-state index contributed by atoms with van der Waals surface area (Å²) in [6.45, 7) is 1.78. The molecule has 3 N–H and O–H groups in total. The number of hydrogen-bond donors (Lipinski definition) is 3. The lowest BCUT2D eigenvalue weighted by molar-refractivity contribution is -0.383. The van der Waals surface area contributed by atoms with E-state index in [1.807, 2.05) is 0 Å². The van der Waals surface area contributed by atoms with Crippen LogP contribution in [0.4, 0.5) is 23.0 Å². The monoisotopic (exact) mass is 424 g/mol. The van der Waals surface area contributed by atoms with Gasteiger partial charge in [0.1, 0.15) is 17.8 Å². The highest BCUT2D eigenvalue weighted by Crippen LogP contribution is 2.35. The van der Waals surface area contributed by atoms with Crippen molar-refractivity contribution in [3.05, 3.63) is 70.0 Å². The predicted molar refractivity (Wildman–Crippen MR) is 114 cm³/mol. The first-order valence-electron chi connectivity index (χ1n) is 9.05. The quantitative estimate of drug-likeness (QED) is 0.367. The summed E-state index contributed by atoms with van der Waals surface area (Å²) in [6.07, 6.45) is 1.13. The van der Waals surface area contributed by atoms with Crippen LogP contribution < -0.4 is 25.6 Å². The van der Waals surface area contributed by atoms with Crippen LogP contribution in [0.3, 0.4) is 0 Å². The van der Waals surface area contributed by atoms with E-state index in [4.69, 9.17) is 9.47 Å². The van der Waals surface area contributed by atoms with E-state index >= 15 is 0 Å². The van der Waals surface area contributed by atoms with Crippen LogP contribution in [0.1, 0.15) is 15.9 Å². The summed E-state index contributed by atoms with van der Waals surface area (Å²) in [4.78, 5) is 31.4. The summed E-state index contributed by atoms with van der Waals surface area (Å²) in [6, 6.07) is 11.9. The fourth-order valence-electron chi connectivity index (χ4n) is 2.77. The number of benzene rings is 2. The lowest BCUT2D eigenvalue weighted by Gasteiger charge is -2.14. The molecule has 0 aliphatic carbocycles. The number of ether oxygens (including phenoxy) is 2. The average molecular weight is 424 g/mol. The van der Waals surface area contributed by atoms with E-state index in [9.17, 15) is 14.9 Å². The Hall–Kier alpha value is -4.41. The number of nitrogens with one attached hydrogen (secondary N) is 3. The Morgan fingerprint density at radius 1 is 1.06 bits per heavy atom. The van der Waals surface area contributed by atoms with E-state index in [1.54, 1.807) is 49.4 Å². The van der Waals surface area contributed by atoms with Gasteiger partial charge in [-0.15, -0.1) is 0 Å². The Morgan fingerprint density at radius 3 is 2.48 bits per heavy atom. The number of carbonyl (C=O) groups is 1. The highest BCUT2D eigenvalue weighted by Gasteiger charge is 2.24. The lowest BCUT2D eigenvalue weighted by atomic mass is 10.1. The molecule has 3 aromatic rings.